The fourth-order valence-corrected chi connectivity index (χ4v) is 0.592. The largest absolute Gasteiger partial charge is 0.431 e. The first kappa shape index (κ1) is 6.16. The summed E-state index contributed by atoms with van der Waals surface area (Å²) in [5.41, 5.74) is 5.62. The minimum absolute atomic E-state index is 0.261. The molecule has 0 spiro atoms. The van der Waals surface area contributed by atoms with E-state index in [0.717, 1.165) is 0 Å². The summed E-state index contributed by atoms with van der Waals surface area (Å²) < 4.78 is 4.66. The van der Waals surface area contributed by atoms with Crippen LogP contribution < -0.4 is 5.73 Å². The monoisotopic (exact) mass is 144 g/mol. The van der Waals surface area contributed by atoms with Gasteiger partial charge in [0.15, 0.2) is 6.39 Å². The summed E-state index contributed by atoms with van der Waals surface area (Å²) in [7, 11) is 0. The van der Waals surface area contributed by atoms with Crippen molar-refractivity contribution in [1.29, 1.82) is 0 Å². The first-order chi connectivity index (χ1) is 4.34. The minimum atomic E-state index is 0.261. The highest BCUT2D eigenvalue weighted by molar-refractivity contribution is 6.30. The van der Waals surface area contributed by atoms with Crippen LogP contribution in [0.2, 0.25) is 5.22 Å². The Morgan fingerprint density at radius 2 is 2.56 bits per heavy atom. The van der Waals surface area contributed by atoms with Gasteiger partial charge < -0.3 is 10.2 Å². The van der Waals surface area contributed by atoms with Crippen LogP contribution in [-0.4, -0.2) is 4.98 Å². The highest BCUT2D eigenvalue weighted by Gasteiger charge is 1.97. The van der Waals surface area contributed by atoms with Crippen LogP contribution in [0.5, 0.6) is 0 Å². The highest BCUT2D eigenvalue weighted by Crippen LogP contribution is 2.13. The number of oxazole rings is 1. The number of nitrogens with zero attached hydrogens (tertiary/aromatic N) is 1. The Morgan fingerprint density at radius 3 is 3.00 bits per heavy atom. The van der Waals surface area contributed by atoms with Gasteiger partial charge in [0.05, 0.1) is 0 Å². The van der Waals surface area contributed by atoms with E-state index in [1.165, 1.54) is 12.6 Å². The summed E-state index contributed by atoms with van der Waals surface area (Å²) in [5, 5.41) is 0.261. The van der Waals surface area contributed by atoms with Crippen molar-refractivity contribution >= 4 is 17.7 Å². The third-order valence-electron chi connectivity index (χ3n) is 0.803. The first-order valence-corrected chi connectivity index (χ1v) is 2.69. The van der Waals surface area contributed by atoms with Crippen LogP contribution in [-0.2, 0) is 0 Å². The molecule has 0 atom stereocenters. The molecule has 9 heavy (non-hydrogen) atoms. The van der Waals surface area contributed by atoms with Gasteiger partial charge in [-0.25, -0.2) is 4.98 Å². The Hall–Kier alpha value is -0.960. The first-order valence-electron chi connectivity index (χ1n) is 2.32. The van der Waals surface area contributed by atoms with Crippen molar-refractivity contribution < 1.29 is 4.42 Å². The highest BCUT2D eigenvalue weighted by atomic mass is 35.5. The van der Waals surface area contributed by atoms with Gasteiger partial charge >= 0.3 is 0 Å². The average molecular weight is 145 g/mol. The Labute approximate surface area is 57.1 Å². The Morgan fingerprint density at radius 1 is 1.78 bits per heavy atom. The summed E-state index contributed by atoms with van der Waals surface area (Å²) in [6.07, 6.45) is 4.17. The van der Waals surface area contributed by atoms with Crippen molar-refractivity contribution in [3.05, 3.63) is 23.5 Å². The molecule has 0 unspecified atom stereocenters. The maximum atomic E-state index is 5.48. The van der Waals surface area contributed by atoms with Crippen LogP contribution in [0, 0.1) is 0 Å². The second kappa shape index (κ2) is 2.55. The van der Waals surface area contributed by atoms with Gasteiger partial charge in [-0.1, -0.05) is 0 Å². The van der Waals surface area contributed by atoms with E-state index in [1.807, 2.05) is 0 Å². The summed E-state index contributed by atoms with van der Waals surface area (Å²) in [6, 6.07) is 0. The lowest BCUT2D eigenvalue weighted by atomic mass is 10.5. The molecule has 2 N–H and O–H groups in total. The van der Waals surface area contributed by atoms with Crippen LogP contribution in [0.3, 0.4) is 0 Å². The van der Waals surface area contributed by atoms with Crippen LogP contribution >= 0.6 is 11.6 Å². The smallest absolute Gasteiger partial charge is 0.221 e. The standard InChI is InChI=1S/C5H5ClN2O/c6-5-4(1-2-7)8-3-9-5/h1-3H,7H2/b2-1+. The van der Waals surface area contributed by atoms with E-state index in [9.17, 15) is 0 Å². The molecule has 0 amide bonds. The summed E-state index contributed by atoms with van der Waals surface area (Å²) in [5.74, 6) is 0. The maximum absolute atomic E-state index is 5.48. The molecule has 1 aromatic rings. The molecular formula is C5H5ClN2O. The number of hydrogen-bond acceptors (Lipinski definition) is 3. The Bertz CT molecular complexity index is 218. The molecule has 3 nitrogen and oxygen atoms in total. The normalized spacial score (nSPS) is 10.8. The minimum Gasteiger partial charge on any atom is -0.431 e. The SMILES string of the molecule is N/C=C/c1ncoc1Cl. The van der Waals surface area contributed by atoms with Crippen molar-refractivity contribution in [2.75, 3.05) is 0 Å². The van der Waals surface area contributed by atoms with Gasteiger partial charge in [0.25, 0.3) is 0 Å². The molecule has 48 valence electrons. The average Bonchev–Trinajstić information content (AvgIpc) is 2.18. The van der Waals surface area contributed by atoms with E-state index >= 15 is 0 Å². The van der Waals surface area contributed by atoms with Crippen molar-refractivity contribution in [3.8, 4) is 0 Å². The van der Waals surface area contributed by atoms with Crippen LogP contribution in [0.15, 0.2) is 17.0 Å². The topological polar surface area (TPSA) is 52.0 Å². The van der Waals surface area contributed by atoms with Gasteiger partial charge in [-0.05, 0) is 23.9 Å². The zero-order valence-corrected chi connectivity index (χ0v) is 5.30. The van der Waals surface area contributed by atoms with Gasteiger partial charge in [-0.2, -0.15) is 0 Å². The predicted molar refractivity (Wildman–Crippen MR) is 34.7 cm³/mol. The predicted octanol–water partition coefficient (Wildman–Crippen LogP) is 1.26. The quantitative estimate of drug-likeness (QED) is 0.646. The molecule has 4 heteroatoms. The van der Waals surface area contributed by atoms with Crippen LogP contribution in [0.4, 0.5) is 0 Å². The molecule has 0 aliphatic heterocycles. The molecule has 1 heterocycles. The molecule has 0 saturated carbocycles. The summed E-state index contributed by atoms with van der Waals surface area (Å²) in [6.45, 7) is 0. The molecule has 0 radical (unpaired) electrons. The van der Waals surface area contributed by atoms with Gasteiger partial charge in [0.2, 0.25) is 5.22 Å². The molecule has 0 aliphatic carbocycles. The van der Waals surface area contributed by atoms with Crippen LogP contribution in [0.1, 0.15) is 5.69 Å². The van der Waals surface area contributed by atoms with E-state index in [4.69, 9.17) is 17.3 Å². The van der Waals surface area contributed by atoms with E-state index in [2.05, 4.69) is 9.40 Å². The number of hydrogen-bond donors (Lipinski definition) is 1. The van der Waals surface area contributed by atoms with E-state index in [-0.39, 0.29) is 5.22 Å². The van der Waals surface area contributed by atoms with Crippen LogP contribution in [0.25, 0.3) is 6.08 Å². The van der Waals surface area contributed by atoms with Crippen molar-refractivity contribution in [2.45, 2.75) is 0 Å². The molecule has 0 saturated heterocycles. The molecule has 0 fully saturated rings. The van der Waals surface area contributed by atoms with E-state index in [1.54, 1.807) is 6.08 Å². The molecule has 1 aromatic heterocycles. The summed E-state index contributed by atoms with van der Waals surface area (Å²) >= 11 is 5.48. The van der Waals surface area contributed by atoms with Crippen molar-refractivity contribution in [1.82, 2.24) is 4.98 Å². The second-order valence-corrected chi connectivity index (χ2v) is 1.71. The lowest BCUT2D eigenvalue weighted by Gasteiger charge is -1.78. The Kier molecular flexibility index (Phi) is 1.75. The van der Waals surface area contributed by atoms with Gasteiger partial charge in [0.1, 0.15) is 5.69 Å². The van der Waals surface area contributed by atoms with Gasteiger partial charge in [0, 0.05) is 0 Å². The third kappa shape index (κ3) is 1.23. The molecule has 0 bridgehead atoms. The molecule has 1 rings (SSSR count). The second-order valence-electron chi connectivity index (χ2n) is 1.37. The summed E-state index contributed by atoms with van der Waals surface area (Å²) in [4.78, 5) is 3.74. The molecule has 0 aliphatic rings. The van der Waals surface area contributed by atoms with E-state index in [0.29, 0.717) is 5.69 Å². The number of halogens is 1. The fourth-order valence-electron chi connectivity index (χ4n) is 0.440. The van der Waals surface area contributed by atoms with Crippen molar-refractivity contribution in [3.63, 3.8) is 0 Å². The zero-order chi connectivity index (χ0) is 6.69. The Balaban J connectivity index is 2.94. The maximum Gasteiger partial charge on any atom is 0.221 e. The zero-order valence-electron chi connectivity index (χ0n) is 4.54. The van der Waals surface area contributed by atoms with E-state index < -0.39 is 0 Å². The van der Waals surface area contributed by atoms with Crippen molar-refractivity contribution in [2.24, 2.45) is 5.73 Å². The lowest BCUT2D eigenvalue weighted by Crippen LogP contribution is -1.77. The lowest BCUT2D eigenvalue weighted by molar-refractivity contribution is 0.559. The number of rotatable bonds is 1. The molecular weight excluding hydrogens is 140 g/mol. The molecule has 0 aromatic carbocycles. The van der Waals surface area contributed by atoms with Gasteiger partial charge in [-0.3, -0.25) is 0 Å². The number of aromatic nitrogens is 1. The third-order valence-corrected chi connectivity index (χ3v) is 1.09. The number of nitrogens with two attached hydrogens (primary N) is 1. The fraction of sp³-hybridized carbons (Fsp3) is 0. The van der Waals surface area contributed by atoms with Gasteiger partial charge in [-0.15, -0.1) is 0 Å².